The van der Waals surface area contributed by atoms with E-state index in [0.717, 1.165) is 70.6 Å². The monoisotopic (exact) mass is 963 g/mol. The van der Waals surface area contributed by atoms with Crippen LogP contribution in [0.25, 0.3) is 0 Å². The topological polar surface area (TPSA) is 78.9 Å². The predicted molar refractivity (Wildman–Crippen MR) is 298 cm³/mol. The van der Waals surface area contributed by atoms with E-state index in [1.54, 1.807) is 0 Å². The lowest BCUT2D eigenvalue weighted by atomic mass is 10.0. The molecule has 0 saturated heterocycles. The summed E-state index contributed by atoms with van der Waals surface area (Å²) < 4.78 is 16.9. The number of esters is 3. The van der Waals surface area contributed by atoms with Crippen molar-refractivity contribution < 1.29 is 28.6 Å². The third-order valence-corrected chi connectivity index (χ3v) is 12.9. The fourth-order valence-corrected chi connectivity index (χ4v) is 8.48. The van der Waals surface area contributed by atoms with Crippen LogP contribution < -0.4 is 0 Å². The van der Waals surface area contributed by atoms with Gasteiger partial charge >= 0.3 is 17.9 Å². The molecule has 0 aromatic carbocycles. The average molecular weight is 964 g/mol. The zero-order valence-corrected chi connectivity index (χ0v) is 45.6. The maximum atomic E-state index is 12.9. The van der Waals surface area contributed by atoms with Crippen LogP contribution in [-0.4, -0.2) is 37.2 Å². The van der Waals surface area contributed by atoms with Crippen LogP contribution in [0, 0.1) is 0 Å². The second kappa shape index (κ2) is 57.4. The van der Waals surface area contributed by atoms with E-state index in [1.807, 2.05) is 54.7 Å². The van der Waals surface area contributed by atoms with Crippen molar-refractivity contribution in [3.8, 4) is 0 Å². The minimum atomic E-state index is -0.791. The van der Waals surface area contributed by atoms with Crippen LogP contribution in [0.2, 0.25) is 0 Å². The van der Waals surface area contributed by atoms with E-state index in [0.29, 0.717) is 19.3 Å². The molecule has 398 valence electrons. The summed E-state index contributed by atoms with van der Waals surface area (Å²) in [6, 6.07) is 0. The van der Waals surface area contributed by atoms with Gasteiger partial charge in [-0.1, -0.05) is 306 Å². The van der Waals surface area contributed by atoms with Crippen molar-refractivity contribution in [2.75, 3.05) is 13.2 Å². The van der Waals surface area contributed by atoms with Crippen LogP contribution in [0.5, 0.6) is 0 Å². The number of hydrogen-bond acceptors (Lipinski definition) is 6. The summed E-state index contributed by atoms with van der Waals surface area (Å²) >= 11 is 0. The molecule has 69 heavy (non-hydrogen) atoms. The van der Waals surface area contributed by atoms with Crippen molar-refractivity contribution in [3.05, 3.63) is 72.9 Å². The molecule has 6 heteroatoms. The summed E-state index contributed by atoms with van der Waals surface area (Å²) in [6.45, 7) is 6.50. The van der Waals surface area contributed by atoms with Gasteiger partial charge in [-0.05, 0) is 38.5 Å². The molecule has 0 aliphatic heterocycles. The van der Waals surface area contributed by atoms with Gasteiger partial charge in [0.25, 0.3) is 0 Å². The molecule has 0 bridgehead atoms. The molecule has 0 radical (unpaired) electrons. The Bertz CT molecular complexity index is 1290. The molecular weight excluding hydrogens is 853 g/mol. The van der Waals surface area contributed by atoms with Gasteiger partial charge in [0.2, 0.25) is 0 Å². The molecule has 0 N–H and O–H groups in total. The van der Waals surface area contributed by atoms with Gasteiger partial charge in [-0.3, -0.25) is 14.4 Å². The van der Waals surface area contributed by atoms with Crippen LogP contribution in [0.4, 0.5) is 0 Å². The van der Waals surface area contributed by atoms with Crippen molar-refractivity contribution in [3.63, 3.8) is 0 Å². The minimum Gasteiger partial charge on any atom is -0.462 e. The molecule has 0 saturated carbocycles. The lowest BCUT2D eigenvalue weighted by molar-refractivity contribution is -0.167. The van der Waals surface area contributed by atoms with E-state index in [1.165, 1.54) is 180 Å². The molecule has 0 fully saturated rings. The number of carbonyl (C=O) groups is 3. The maximum Gasteiger partial charge on any atom is 0.306 e. The fraction of sp³-hybridized carbons (Fsp3) is 0.762. The first-order valence-electron chi connectivity index (χ1n) is 29.5. The van der Waals surface area contributed by atoms with Crippen LogP contribution in [0.1, 0.15) is 290 Å². The van der Waals surface area contributed by atoms with Crippen molar-refractivity contribution in [2.45, 2.75) is 297 Å². The highest BCUT2D eigenvalue weighted by Gasteiger charge is 2.19. The van der Waals surface area contributed by atoms with Gasteiger partial charge in [-0.15, -0.1) is 0 Å². The Morgan fingerprint density at radius 2 is 0.565 bits per heavy atom. The lowest BCUT2D eigenvalue weighted by Crippen LogP contribution is -2.30. The third-order valence-electron chi connectivity index (χ3n) is 12.9. The number of ether oxygens (including phenoxy) is 3. The van der Waals surface area contributed by atoms with Crippen molar-refractivity contribution >= 4 is 17.9 Å². The fourth-order valence-electron chi connectivity index (χ4n) is 8.48. The van der Waals surface area contributed by atoms with E-state index >= 15 is 0 Å². The standard InChI is InChI=1S/C63H110O6/c1-4-7-10-13-16-19-22-25-28-31-34-37-40-43-46-49-52-55-61(64)67-58-60(69-63(66)57-54-51-48-45-42-39-36-33-30-27-24-21-18-15-12-9-6-3)59-68-62(65)56-53-50-47-44-41-38-35-32-29-26-23-20-17-14-11-8-5-2/h7,10,13,16,19,22,25,28,31,34,37,40,60H,4-6,8-9,11-12,14-15,17-18,20-21,23-24,26-27,29-30,32-33,35-36,38-39,41-59H2,1-3H3/b10-7-,16-13-,22-19-,28-25-,34-31+,40-37-. The number of unbranched alkanes of at least 4 members (excludes halogenated alkanes) is 35. The maximum absolute atomic E-state index is 12.9. The van der Waals surface area contributed by atoms with Crippen molar-refractivity contribution in [2.24, 2.45) is 0 Å². The average Bonchev–Trinajstić information content (AvgIpc) is 3.35. The highest BCUT2D eigenvalue weighted by Crippen LogP contribution is 2.17. The highest BCUT2D eigenvalue weighted by molar-refractivity contribution is 5.71. The van der Waals surface area contributed by atoms with E-state index in [9.17, 15) is 14.4 Å². The van der Waals surface area contributed by atoms with Gasteiger partial charge in [0.1, 0.15) is 13.2 Å². The normalized spacial score (nSPS) is 12.6. The molecule has 0 amide bonds. The molecule has 1 atom stereocenters. The summed E-state index contributed by atoms with van der Waals surface area (Å²) in [7, 11) is 0. The molecule has 0 aromatic rings. The van der Waals surface area contributed by atoms with Crippen LogP contribution in [0.3, 0.4) is 0 Å². The van der Waals surface area contributed by atoms with E-state index < -0.39 is 6.10 Å². The summed E-state index contributed by atoms with van der Waals surface area (Å²) in [6.07, 6.45) is 73.2. The molecule has 0 rings (SSSR count). The lowest BCUT2D eigenvalue weighted by Gasteiger charge is -2.18. The second-order valence-electron chi connectivity index (χ2n) is 19.7. The Labute approximate surface area is 427 Å². The Hall–Kier alpha value is -3.15. The Morgan fingerprint density at radius 3 is 0.884 bits per heavy atom. The van der Waals surface area contributed by atoms with Gasteiger partial charge in [0, 0.05) is 19.3 Å². The van der Waals surface area contributed by atoms with Gasteiger partial charge in [-0.25, -0.2) is 0 Å². The van der Waals surface area contributed by atoms with Gasteiger partial charge < -0.3 is 14.2 Å². The zero-order chi connectivity index (χ0) is 50.0. The number of allylic oxidation sites excluding steroid dienone is 12. The van der Waals surface area contributed by atoms with E-state index in [4.69, 9.17) is 14.2 Å². The van der Waals surface area contributed by atoms with Gasteiger partial charge in [-0.2, -0.15) is 0 Å². The third kappa shape index (κ3) is 55.6. The van der Waals surface area contributed by atoms with Crippen molar-refractivity contribution in [1.29, 1.82) is 0 Å². The first-order valence-corrected chi connectivity index (χ1v) is 29.5. The SMILES string of the molecule is CC\C=C/C=C\C=C/C=C\C=C\C=C/CCCCCC(=O)OCC(COC(=O)CCCCCCCCCCCCCCCCCCC)OC(=O)CCCCCCCCCCCCCCCCCCC. The van der Waals surface area contributed by atoms with Crippen LogP contribution >= 0.6 is 0 Å². The molecule has 0 heterocycles. The molecule has 6 nitrogen and oxygen atoms in total. The van der Waals surface area contributed by atoms with E-state index in [-0.39, 0.29) is 31.1 Å². The molecule has 1 unspecified atom stereocenters. The minimum absolute atomic E-state index is 0.0859. The first-order chi connectivity index (χ1) is 34.0. The Morgan fingerprint density at radius 1 is 0.304 bits per heavy atom. The smallest absolute Gasteiger partial charge is 0.306 e. The van der Waals surface area contributed by atoms with E-state index in [2.05, 4.69) is 39.0 Å². The van der Waals surface area contributed by atoms with Crippen LogP contribution in [0.15, 0.2) is 72.9 Å². The summed E-state index contributed by atoms with van der Waals surface area (Å²) in [4.78, 5) is 38.2. The Balaban J connectivity index is 4.43. The Kier molecular flexibility index (Phi) is 54.8. The van der Waals surface area contributed by atoms with Gasteiger partial charge in [0.05, 0.1) is 0 Å². The summed E-state index contributed by atoms with van der Waals surface area (Å²) in [5.74, 6) is -0.916. The quantitative estimate of drug-likeness (QED) is 0.0262. The summed E-state index contributed by atoms with van der Waals surface area (Å²) in [5.41, 5.74) is 0. The zero-order valence-electron chi connectivity index (χ0n) is 45.6. The summed E-state index contributed by atoms with van der Waals surface area (Å²) in [5, 5.41) is 0. The molecule has 0 aliphatic carbocycles. The number of rotatable bonds is 53. The molecule has 0 aliphatic rings. The van der Waals surface area contributed by atoms with Gasteiger partial charge in [0.15, 0.2) is 6.10 Å². The second-order valence-corrected chi connectivity index (χ2v) is 19.7. The number of carbonyl (C=O) groups excluding carboxylic acids is 3. The largest absolute Gasteiger partial charge is 0.462 e. The van der Waals surface area contributed by atoms with Crippen LogP contribution in [-0.2, 0) is 28.6 Å². The first kappa shape index (κ1) is 65.8. The number of hydrogen-bond donors (Lipinski definition) is 0. The van der Waals surface area contributed by atoms with Crippen molar-refractivity contribution in [1.82, 2.24) is 0 Å². The predicted octanol–water partition coefficient (Wildman–Crippen LogP) is 19.8. The highest BCUT2D eigenvalue weighted by atomic mass is 16.6. The molecule has 0 spiro atoms. The molecule has 0 aromatic heterocycles. The molecular formula is C63H110O6.